The fraction of sp³-hybridized carbons (Fsp3) is 0.412. The second-order valence-electron chi connectivity index (χ2n) is 5.81. The van der Waals surface area contributed by atoms with E-state index in [1.54, 1.807) is 31.2 Å². The molecule has 2 aromatic rings. The van der Waals surface area contributed by atoms with Gasteiger partial charge in [0.05, 0.1) is 12.1 Å². The predicted octanol–water partition coefficient (Wildman–Crippen LogP) is 0.935. The molecule has 0 unspecified atom stereocenters. The number of hydrogen-bond acceptors (Lipinski definition) is 5. The molecule has 0 aliphatic carbocycles. The number of ether oxygens (including phenoxy) is 1. The third kappa shape index (κ3) is 4.14. The number of carbonyl (C=O) groups excluding carboxylic acids is 3. The average Bonchev–Trinajstić information content (AvgIpc) is 2.91. The maximum Gasteiger partial charge on any atom is 0.325 e. The average molecular weight is 346 g/mol. The third-order valence-electron chi connectivity index (χ3n) is 3.72. The number of carbonyl (C=O) groups is 3. The number of amides is 2. The van der Waals surface area contributed by atoms with Crippen LogP contribution in [0.15, 0.2) is 24.3 Å². The van der Waals surface area contributed by atoms with E-state index < -0.39 is 11.9 Å². The fourth-order valence-electron chi connectivity index (χ4n) is 2.55. The van der Waals surface area contributed by atoms with Crippen molar-refractivity contribution in [3.8, 4) is 0 Å². The lowest BCUT2D eigenvalue weighted by molar-refractivity contribution is -0.150. The van der Waals surface area contributed by atoms with E-state index in [-0.39, 0.29) is 37.3 Å². The fourth-order valence-corrected chi connectivity index (χ4v) is 2.55. The molecule has 0 spiro atoms. The smallest absolute Gasteiger partial charge is 0.325 e. The number of nitrogens with two attached hydrogens (primary N) is 1. The Morgan fingerprint density at radius 3 is 2.56 bits per heavy atom. The van der Waals surface area contributed by atoms with Crippen molar-refractivity contribution in [3.63, 3.8) is 0 Å². The summed E-state index contributed by atoms with van der Waals surface area (Å²) in [5, 5.41) is 4.75. The van der Waals surface area contributed by atoms with Gasteiger partial charge in [-0.15, -0.1) is 0 Å². The van der Waals surface area contributed by atoms with E-state index >= 15 is 0 Å². The van der Waals surface area contributed by atoms with E-state index in [4.69, 9.17) is 10.5 Å². The number of para-hydroxylation sites is 1. The zero-order valence-electron chi connectivity index (χ0n) is 14.6. The van der Waals surface area contributed by atoms with E-state index in [9.17, 15) is 14.4 Å². The highest BCUT2D eigenvalue weighted by Gasteiger charge is 2.23. The van der Waals surface area contributed by atoms with E-state index in [0.29, 0.717) is 10.9 Å². The molecule has 134 valence electrons. The van der Waals surface area contributed by atoms with Crippen LogP contribution in [-0.2, 0) is 20.9 Å². The molecule has 0 fully saturated rings. The monoisotopic (exact) mass is 346 g/mol. The van der Waals surface area contributed by atoms with Crippen molar-refractivity contribution >= 4 is 28.7 Å². The number of benzene rings is 1. The van der Waals surface area contributed by atoms with Gasteiger partial charge >= 0.3 is 5.97 Å². The Morgan fingerprint density at radius 1 is 1.28 bits per heavy atom. The summed E-state index contributed by atoms with van der Waals surface area (Å²) in [6, 6.07) is 6.85. The van der Waals surface area contributed by atoms with Gasteiger partial charge in [-0.2, -0.15) is 5.10 Å². The minimum atomic E-state index is -0.658. The summed E-state index contributed by atoms with van der Waals surface area (Å²) in [5.41, 5.74) is 6.10. The molecule has 8 heteroatoms. The van der Waals surface area contributed by atoms with Crippen LogP contribution in [0.4, 0.5) is 0 Å². The van der Waals surface area contributed by atoms with Gasteiger partial charge in [0.1, 0.15) is 13.1 Å². The van der Waals surface area contributed by atoms with Crippen LogP contribution >= 0.6 is 0 Å². The molecule has 8 nitrogen and oxygen atoms in total. The zero-order chi connectivity index (χ0) is 18.6. The summed E-state index contributed by atoms with van der Waals surface area (Å²) in [5.74, 6) is -1.42. The first-order chi connectivity index (χ1) is 11.8. The van der Waals surface area contributed by atoms with Gasteiger partial charge in [-0.05, 0) is 26.8 Å². The summed E-state index contributed by atoms with van der Waals surface area (Å²) < 4.78 is 6.34. The number of primary amides is 1. The van der Waals surface area contributed by atoms with Crippen molar-refractivity contribution in [2.24, 2.45) is 5.73 Å². The minimum Gasteiger partial charge on any atom is -0.465 e. The third-order valence-corrected chi connectivity index (χ3v) is 3.72. The molecule has 2 N–H and O–H groups in total. The van der Waals surface area contributed by atoms with E-state index in [2.05, 4.69) is 5.10 Å². The standard InChI is InChI=1S/C17H22N4O4/c1-4-25-15(23)10-20(11(2)3)14(22)9-21-13-8-6-5-7-12(13)16(19-21)17(18)24/h5-8,11H,4,9-10H2,1-3H3,(H2,18,24). The van der Waals surface area contributed by atoms with Crippen LogP contribution in [0.1, 0.15) is 31.3 Å². The van der Waals surface area contributed by atoms with Crippen molar-refractivity contribution in [1.29, 1.82) is 0 Å². The summed E-state index contributed by atoms with van der Waals surface area (Å²) in [4.78, 5) is 37.4. The molecule has 0 radical (unpaired) electrons. The normalized spacial score (nSPS) is 10.9. The Balaban J connectivity index is 2.28. The predicted molar refractivity (Wildman–Crippen MR) is 91.7 cm³/mol. The summed E-state index contributed by atoms with van der Waals surface area (Å²) in [7, 11) is 0. The first kappa shape index (κ1) is 18.4. The number of fused-ring (bicyclic) bond motifs is 1. The number of esters is 1. The quantitative estimate of drug-likeness (QED) is 0.751. The molecule has 0 atom stereocenters. The highest BCUT2D eigenvalue weighted by atomic mass is 16.5. The lowest BCUT2D eigenvalue weighted by Gasteiger charge is -2.25. The number of nitrogens with zero attached hydrogens (tertiary/aromatic N) is 3. The number of aromatic nitrogens is 2. The van der Waals surface area contributed by atoms with Gasteiger partial charge in [-0.3, -0.25) is 19.1 Å². The van der Waals surface area contributed by atoms with Crippen LogP contribution in [0, 0.1) is 0 Å². The summed E-state index contributed by atoms with van der Waals surface area (Å²) in [6.07, 6.45) is 0. The molecule has 0 bridgehead atoms. The lowest BCUT2D eigenvalue weighted by Crippen LogP contribution is -2.43. The molecule has 2 amide bonds. The minimum absolute atomic E-state index is 0.106. The molecule has 1 heterocycles. The van der Waals surface area contributed by atoms with Crippen LogP contribution in [0.3, 0.4) is 0 Å². The zero-order valence-corrected chi connectivity index (χ0v) is 14.6. The molecule has 0 aliphatic rings. The number of hydrogen-bond donors (Lipinski definition) is 1. The van der Waals surface area contributed by atoms with E-state index in [1.165, 1.54) is 9.58 Å². The van der Waals surface area contributed by atoms with Crippen molar-refractivity contribution in [1.82, 2.24) is 14.7 Å². The molecule has 0 saturated carbocycles. The molecule has 0 saturated heterocycles. The van der Waals surface area contributed by atoms with Crippen LogP contribution < -0.4 is 5.73 Å². The SMILES string of the molecule is CCOC(=O)CN(C(=O)Cn1nc(C(N)=O)c2ccccc21)C(C)C. The van der Waals surface area contributed by atoms with Crippen molar-refractivity contribution < 1.29 is 19.1 Å². The largest absolute Gasteiger partial charge is 0.465 e. The van der Waals surface area contributed by atoms with Crippen LogP contribution in [-0.4, -0.2) is 51.7 Å². The Morgan fingerprint density at radius 2 is 1.96 bits per heavy atom. The second kappa shape index (κ2) is 7.78. The lowest BCUT2D eigenvalue weighted by atomic mass is 10.2. The topological polar surface area (TPSA) is 108 Å². The van der Waals surface area contributed by atoms with Gasteiger partial charge in [0, 0.05) is 11.4 Å². The van der Waals surface area contributed by atoms with Crippen LogP contribution in [0.2, 0.25) is 0 Å². The van der Waals surface area contributed by atoms with Gasteiger partial charge in [0.25, 0.3) is 5.91 Å². The maximum atomic E-state index is 12.7. The van der Waals surface area contributed by atoms with Crippen molar-refractivity contribution in [2.75, 3.05) is 13.2 Å². The van der Waals surface area contributed by atoms with Crippen molar-refractivity contribution in [3.05, 3.63) is 30.0 Å². The highest BCUT2D eigenvalue weighted by molar-refractivity contribution is 6.04. The molecule has 1 aromatic carbocycles. The Hall–Kier alpha value is -2.90. The highest BCUT2D eigenvalue weighted by Crippen LogP contribution is 2.18. The van der Waals surface area contributed by atoms with E-state index in [0.717, 1.165) is 0 Å². The first-order valence-electron chi connectivity index (χ1n) is 8.05. The van der Waals surface area contributed by atoms with Crippen LogP contribution in [0.25, 0.3) is 10.9 Å². The summed E-state index contributed by atoms with van der Waals surface area (Å²) >= 11 is 0. The van der Waals surface area contributed by atoms with Gasteiger partial charge in [-0.1, -0.05) is 18.2 Å². The van der Waals surface area contributed by atoms with E-state index in [1.807, 2.05) is 13.8 Å². The van der Waals surface area contributed by atoms with Gasteiger partial charge < -0.3 is 15.4 Å². The second-order valence-corrected chi connectivity index (χ2v) is 5.81. The van der Waals surface area contributed by atoms with Gasteiger partial charge in [0.2, 0.25) is 5.91 Å². The maximum absolute atomic E-state index is 12.7. The molecule has 1 aromatic heterocycles. The first-order valence-corrected chi connectivity index (χ1v) is 8.05. The van der Waals surface area contributed by atoms with Gasteiger partial charge in [0.15, 0.2) is 5.69 Å². The molecule has 2 rings (SSSR count). The Kier molecular flexibility index (Phi) is 5.74. The molecule has 25 heavy (non-hydrogen) atoms. The van der Waals surface area contributed by atoms with Crippen molar-refractivity contribution in [2.45, 2.75) is 33.4 Å². The number of rotatable bonds is 7. The molecular weight excluding hydrogens is 324 g/mol. The van der Waals surface area contributed by atoms with Gasteiger partial charge in [-0.25, -0.2) is 0 Å². The molecule has 0 aliphatic heterocycles. The van der Waals surface area contributed by atoms with Crippen LogP contribution in [0.5, 0.6) is 0 Å². The summed E-state index contributed by atoms with van der Waals surface area (Å²) in [6.45, 7) is 5.35. The Labute approximate surface area is 145 Å². The Bertz CT molecular complexity index is 797. The molecular formula is C17H22N4O4.